The fourth-order valence-electron chi connectivity index (χ4n) is 3.18. The minimum atomic E-state index is -0.692. The molecule has 2 aromatic carbocycles. The maximum atomic E-state index is 12.8. The number of nitrogens with zero attached hydrogens (tertiary/aromatic N) is 1. The molecule has 0 fully saturated rings. The molecule has 1 aromatic heterocycles. The summed E-state index contributed by atoms with van der Waals surface area (Å²) < 4.78 is 0. The van der Waals surface area contributed by atoms with Gasteiger partial charge in [-0.25, -0.2) is 10.8 Å². The lowest BCUT2D eigenvalue weighted by molar-refractivity contribution is -0.122. The van der Waals surface area contributed by atoms with Gasteiger partial charge in [0.1, 0.15) is 11.9 Å². The van der Waals surface area contributed by atoms with Gasteiger partial charge in [-0.3, -0.25) is 9.59 Å². The van der Waals surface area contributed by atoms with Crippen LogP contribution < -0.4 is 21.9 Å². The van der Waals surface area contributed by atoms with Gasteiger partial charge in [0, 0.05) is 19.2 Å². The highest BCUT2D eigenvalue weighted by molar-refractivity contribution is 5.97. The van der Waals surface area contributed by atoms with Crippen LogP contribution in [0.3, 0.4) is 0 Å². The van der Waals surface area contributed by atoms with Crippen LogP contribution in [0.25, 0.3) is 10.8 Å². The molecule has 7 nitrogen and oxygen atoms in total. The summed E-state index contributed by atoms with van der Waals surface area (Å²) in [5, 5.41) is 8.00. The maximum Gasteiger partial charge on any atom is 0.253 e. The van der Waals surface area contributed by atoms with Gasteiger partial charge in [-0.15, -0.1) is 0 Å². The average molecular weight is 406 g/mol. The number of hydrogen-bond acceptors (Lipinski definition) is 5. The van der Waals surface area contributed by atoms with Crippen molar-refractivity contribution in [1.82, 2.24) is 15.6 Å². The zero-order valence-electron chi connectivity index (χ0n) is 17.0. The number of hydrogen-bond donors (Lipinski definition) is 4. The highest BCUT2D eigenvalue weighted by Crippen LogP contribution is 2.17. The predicted octanol–water partition coefficient (Wildman–Crippen LogP) is 2.78. The van der Waals surface area contributed by atoms with E-state index < -0.39 is 6.04 Å². The molecular weight excluding hydrogens is 378 g/mol. The summed E-state index contributed by atoms with van der Waals surface area (Å²) in [6.07, 6.45) is 3.69. The first-order chi connectivity index (χ1) is 14.6. The van der Waals surface area contributed by atoms with Gasteiger partial charge in [0.05, 0.1) is 5.56 Å². The number of anilines is 1. The molecule has 1 heterocycles. The first-order valence-electron chi connectivity index (χ1n) is 10.1. The first-order valence-corrected chi connectivity index (χ1v) is 10.1. The van der Waals surface area contributed by atoms with E-state index in [-0.39, 0.29) is 11.8 Å². The van der Waals surface area contributed by atoms with Gasteiger partial charge < -0.3 is 16.1 Å². The normalized spacial score (nSPS) is 11.7. The third-order valence-electron chi connectivity index (χ3n) is 4.88. The summed E-state index contributed by atoms with van der Waals surface area (Å²) in [5.41, 5.74) is 3.76. The van der Waals surface area contributed by atoms with Crippen molar-refractivity contribution in [3.05, 3.63) is 71.9 Å². The first kappa shape index (κ1) is 21.3. The van der Waals surface area contributed by atoms with Crippen molar-refractivity contribution in [3.63, 3.8) is 0 Å². The minimum Gasteiger partial charge on any atom is -0.354 e. The van der Waals surface area contributed by atoms with Crippen molar-refractivity contribution in [2.24, 2.45) is 5.84 Å². The van der Waals surface area contributed by atoms with Gasteiger partial charge in [0.15, 0.2) is 0 Å². The maximum absolute atomic E-state index is 12.8. The number of carbonyl (C=O) groups is 2. The van der Waals surface area contributed by atoms with Crippen molar-refractivity contribution < 1.29 is 9.59 Å². The third kappa shape index (κ3) is 5.55. The van der Waals surface area contributed by atoms with Crippen LogP contribution in [-0.4, -0.2) is 29.4 Å². The molecule has 5 N–H and O–H groups in total. The Bertz CT molecular complexity index is 1000. The average Bonchev–Trinajstić information content (AvgIpc) is 2.78. The molecule has 3 aromatic rings. The van der Waals surface area contributed by atoms with Gasteiger partial charge in [-0.05, 0) is 34.9 Å². The number of unbranched alkanes of at least 4 members (excludes halogenated alkanes) is 1. The lowest BCUT2D eigenvalue weighted by Crippen LogP contribution is -2.48. The number of nitrogen functional groups attached to an aromatic ring is 1. The van der Waals surface area contributed by atoms with Crippen LogP contribution in [0.4, 0.5) is 5.82 Å². The Balaban J connectivity index is 1.77. The number of carbonyl (C=O) groups excluding carboxylic acids is 2. The van der Waals surface area contributed by atoms with Crippen molar-refractivity contribution in [2.75, 3.05) is 12.0 Å². The number of fused-ring (bicyclic) bond motifs is 1. The smallest absolute Gasteiger partial charge is 0.253 e. The van der Waals surface area contributed by atoms with Gasteiger partial charge in [0.2, 0.25) is 5.91 Å². The molecule has 0 aliphatic heterocycles. The molecule has 7 heteroatoms. The molecule has 0 saturated carbocycles. The highest BCUT2D eigenvalue weighted by atomic mass is 16.2. The summed E-state index contributed by atoms with van der Waals surface area (Å²) in [6, 6.07) is 16.6. The Morgan fingerprint density at radius 2 is 1.87 bits per heavy atom. The highest BCUT2D eigenvalue weighted by Gasteiger charge is 2.22. The van der Waals surface area contributed by atoms with Crippen LogP contribution in [0.15, 0.2) is 60.8 Å². The molecule has 0 aliphatic carbocycles. The minimum absolute atomic E-state index is 0.196. The standard InChI is InChI=1S/C23H27N5O2/c1-2-3-12-25-23(30)20(27-22(29)19-10-11-21(28-24)26-15-19)14-16-8-9-17-6-4-5-7-18(17)13-16/h4-11,13,15,20H,2-3,12,14,24H2,1H3,(H,25,30)(H,26,28)(H,27,29). The molecule has 2 amide bonds. The second-order valence-electron chi connectivity index (χ2n) is 7.13. The monoisotopic (exact) mass is 405 g/mol. The third-order valence-corrected chi connectivity index (χ3v) is 4.88. The van der Waals surface area contributed by atoms with Gasteiger partial charge >= 0.3 is 0 Å². The van der Waals surface area contributed by atoms with Crippen molar-refractivity contribution >= 4 is 28.4 Å². The lowest BCUT2D eigenvalue weighted by atomic mass is 10.0. The molecule has 0 saturated heterocycles. The zero-order valence-corrected chi connectivity index (χ0v) is 17.0. The molecular formula is C23H27N5O2. The van der Waals surface area contributed by atoms with Crippen LogP contribution in [0.1, 0.15) is 35.7 Å². The van der Waals surface area contributed by atoms with E-state index in [2.05, 4.69) is 34.0 Å². The Hall–Kier alpha value is -3.45. The number of aromatic nitrogens is 1. The van der Waals surface area contributed by atoms with Crippen LogP contribution in [0, 0.1) is 0 Å². The Morgan fingerprint density at radius 1 is 1.07 bits per heavy atom. The molecule has 0 bridgehead atoms. The Morgan fingerprint density at radius 3 is 2.57 bits per heavy atom. The molecule has 156 valence electrons. The van der Waals surface area contributed by atoms with E-state index >= 15 is 0 Å². The zero-order chi connectivity index (χ0) is 21.3. The SMILES string of the molecule is CCCCNC(=O)C(Cc1ccc2ccccc2c1)NC(=O)c1ccc(NN)nc1. The van der Waals surface area contributed by atoms with Gasteiger partial charge in [-0.1, -0.05) is 55.8 Å². The quantitative estimate of drug-likeness (QED) is 0.249. The summed E-state index contributed by atoms with van der Waals surface area (Å²) >= 11 is 0. The van der Waals surface area contributed by atoms with Crippen molar-refractivity contribution in [2.45, 2.75) is 32.2 Å². The number of nitrogens with one attached hydrogen (secondary N) is 3. The molecule has 3 rings (SSSR count). The lowest BCUT2D eigenvalue weighted by Gasteiger charge is -2.19. The van der Waals surface area contributed by atoms with E-state index in [1.165, 1.54) is 6.20 Å². The van der Waals surface area contributed by atoms with E-state index in [9.17, 15) is 9.59 Å². The summed E-state index contributed by atoms with van der Waals surface area (Å²) in [4.78, 5) is 29.5. The number of nitrogens with two attached hydrogens (primary N) is 1. The number of amides is 2. The molecule has 30 heavy (non-hydrogen) atoms. The fourth-order valence-corrected chi connectivity index (χ4v) is 3.18. The molecule has 1 unspecified atom stereocenters. The van der Waals surface area contributed by atoms with E-state index in [0.717, 1.165) is 29.2 Å². The fraction of sp³-hybridized carbons (Fsp3) is 0.261. The molecule has 0 radical (unpaired) electrons. The largest absolute Gasteiger partial charge is 0.354 e. The predicted molar refractivity (Wildman–Crippen MR) is 119 cm³/mol. The van der Waals surface area contributed by atoms with E-state index in [4.69, 9.17) is 5.84 Å². The molecule has 0 aliphatic rings. The van der Waals surface area contributed by atoms with E-state index in [1.54, 1.807) is 12.1 Å². The number of benzene rings is 2. The second-order valence-corrected chi connectivity index (χ2v) is 7.13. The van der Waals surface area contributed by atoms with Crippen molar-refractivity contribution in [1.29, 1.82) is 0 Å². The molecule has 0 spiro atoms. The van der Waals surface area contributed by atoms with Crippen LogP contribution >= 0.6 is 0 Å². The van der Waals surface area contributed by atoms with E-state index in [1.807, 2.05) is 36.4 Å². The summed E-state index contributed by atoms with van der Waals surface area (Å²) in [6.45, 7) is 2.64. The number of hydrazine groups is 1. The second kappa shape index (κ2) is 10.4. The van der Waals surface area contributed by atoms with Crippen molar-refractivity contribution in [3.8, 4) is 0 Å². The Kier molecular flexibility index (Phi) is 7.34. The summed E-state index contributed by atoms with van der Waals surface area (Å²) in [7, 11) is 0. The number of rotatable bonds is 9. The van der Waals surface area contributed by atoms with Crippen LogP contribution in [0.5, 0.6) is 0 Å². The van der Waals surface area contributed by atoms with Crippen LogP contribution in [0.2, 0.25) is 0 Å². The Labute approximate surface area is 176 Å². The number of pyridine rings is 1. The topological polar surface area (TPSA) is 109 Å². The molecule has 1 atom stereocenters. The van der Waals surface area contributed by atoms with Crippen LogP contribution in [-0.2, 0) is 11.2 Å². The van der Waals surface area contributed by atoms with Gasteiger partial charge in [-0.2, -0.15) is 0 Å². The van der Waals surface area contributed by atoms with Gasteiger partial charge in [0.25, 0.3) is 5.91 Å². The van der Waals surface area contributed by atoms with E-state index in [0.29, 0.717) is 24.3 Å². The summed E-state index contributed by atoms with van der Waals surface area (Å²) in [5.74, 6) is 5.21.